The van der Waals surface area contributed by atoms with E-state index >= 15 is 0 Å². The van der Waals surface area contributed by atoms with Crippen molar-refractivity contribution in [1.82, 2.24) is 4.90 Å². The van der Waals surface area contributed by atoms with Gasteiger partial charge in [0.25, 0.3) is 0 Å². The number of para-hydroxylation sites is 1. The highest BCUT2D eigenvalue weighted by Gasteiger charge is 2.26. The molecule has 0 aromatic heterocycles. The minimum atomic E-state index is -0.218. The maximum absolute atomic E-state index is 12.5. The summed E-state index contributed by atoms with van der Waals surface area (Å²) in [4.78, 5) is 17.1. The Morgan fingerprint density at radius 1 is 1.04 bits per heavy atom. The molecule has 1 amide bonds. The van der Waals surface area contributed by atoms with Crippen LogP contribution in [0.5, 0.6) is 0 Å². The zero-order chi connectivity index (χ0) is 17.8. The van der Waals surface area contributed by atoms with Crippen LogP contribution in [-0.2, 0) is 4.79 Å². The average Bonchev–Trinajstić information content (AvgIpc) is 2.64. The smallest absolute Gasteiger partial charge is 0.241 e. The number of rotatable bonds is 4. The number of benzene rings is 2. The number of nitrogens with one attached hydrogen (secondary N) is 1. The lowest BCUT2D eigenvalue weighted by Crippen LogP contribution is -2.52. The van der Waals surface area contributed by atoms with Crippen LogP contribution in [0.2, 0.25) is 10.0 Å². The van der Waals surface area contributed by atoms with Crippen molar-refractivity contribution < 1.29 is 4.79 Å². The summed E-state index contributed by atoms with van der Waals surface area (Å²) >= 11 is 12.0. The SMILES string of the molecule is CC(C(=O)Nc1ccc(Cl)cc1Cl)N1CCN(c2ccccc2)CC1. The normalized spacial score (nSPS) is 16.5. The standard InChI is InChI=1S/C19H21Cl2N3O/c1-14(19(25)22-18-8-7-15(20)13-17(18)21)23-9-11-24(12-10-23)16-5-3-2-4-6-16/h2-8,13-14H,9-12H2,1H3,(H,22,25). The number of hydrogen-bond donors (Lipinski definition) is 1. The van der Waals surface area contributed by atoms with Gasteiger partial charge in [-0.2, -0.15) is 0 Å². The van der Waals surface area contributed by atoms with E-state index in [9.17, 15) is 4.79 Å². The van der Waals surface area contributed by atoms with Crippen LogP contribution in [0.4, 0.5) is 11.4 Å². The lowest BCUT2D eigenvalue weighted by atomic mass is 10.2. The quantitative estimate of drug-likeness (QED) is 0.869. The van der Waals surface area contributed by atoms with E-state index in [4.69, 9.17) is 23.2 Å². The molecule has 0 bridgehead atoms. The van der Waals surface area contributed by atoms with Crippen LogP contribution in [0.25, 0.3) is 0 Å². The second kappa shape index (κ2) is 8.09. The van der Waals surface area contributed by atoms with Gasteiger partial charge >= 0.3 is 0 Å². The minimum Gasteiger partial charge on any atom is -0.369 e. The fourth-order valence-electron chi connectivity index (χ4n) is 3.00. The highest BCUT2D eigenvalue weighted by Crippen LogP contribution is 2.26. The topological polar surface area (TPSA) is 35.6 Å². The summed E-state index contributed by atoms with van der Waals surface area (Å²) in [5.74, 6) is -0.0580. The number of hydrogen-bond acceptors (Lipinski definition) is 3. The summed E-state index contributed by atoms with van der Waals surface area (Å²) in [6, 6.07) is 15.2. The van der Waals surface area contributed by atoms with E-state index in [0.717, 1.165) is 26.2 Å². The van der Waals surface area contributed by atoms with Gasteiger partial charge in [-0.3, -0.25) is 9.69 Å². The Bertz CT molecular complexity index is 731. The van der Waals surface area contributed by atoms with Gasteiger partial charge in [0, 0.05) is 36.9 Å². The van der Waals surface area contributed by atoms with Crippen LogP contribution < -0.4 is 10.2 Å². The molecular formula is C19H21Cl2N3O. The summed E-state index contributed by atoms with van der Waals surface area (Å²) in [6.07, 6.45) is 0. The van der Waals surface area contributed by atoms with E-state index in [1.165, 1.54) is 5.69 Å². The van der Waals surface area contributed by atoms with Gasteiger partial charge in [-0.05, 0) is 37.3 Å². The third kappa shape index (κ3) is 4.46. The van der Waals surface area contributed by atoms with Crippen LogP contribution in [0.3, 0.4) is 0 Å². The predicted octanol–water partition coefficient (Wildman–Crippen LogP) is 4.14. The zero-order valence-electron chi connectivity index (χ0n) is 14.1. The van der Waals surface area contributed by atoms with Crippen molar-refractivity contribution in [2.75, 3.05) is 36.4 Å². The second-order valence-electron chi connectivity index (χ2n) is 6.15. The van der Waals surface area contributed by atoms with Crippen molar-refractivity contribution >= 4 is 40.5 Å². The Labute approximate surface area is 158 Å². The third-order valence-electron chi connectivity index (χ3n) is 4.55. The molecule has 1 unspecified atom stereocenters. The van der Waals surface area contributed by atoms with Crippen LogP contribution in [-0.4, -0.2) is 43.0 Å². The number of carbonyl (C=O) groups is 1. The Balaban J connectivity index is 1.56. The molecule has 3 rings (SSSR count). The molecule has 2 aromatic carbocycles. The Hall–Kier alpha value is -1.75. The van der Waals surface area contributed by atoms with Crippen molar-refractivity contribution in [1.29, 1.82) is 0 Å². The lowest BCUT2D eigenvalue weighted by Gasteiger charge is -2.38. The number of amides is 1. The van der Waals surface area contributed by atoms with Gasteiger partial charge in [0.15, 0.2) is 0 Å². The van der Waals surface area contributed by atoms with Crippen LogP contribution in [0.1, 0.15) is 6.92 Å². The van der Waals surface area contributed by atoms with Gasteiger partial charge in [0.05, 0.1) is 16.8 Å². The molecule has 6 heteroatoms. The maximum atomic E-state index is 12.5. The molecular weight excluding hydrogens is 357 g/mol. The van der Waals surface area contributed by atoms with Crippen molar-refractivity contribution in [3.63, 3.8) is 0 Å². The summed E-state index contributed by atoms with van der Waals surface area (Å²) in [6.45, 7) is 5.43. The molecule has 1 fully saturated rings. The first-order valence-electron chi connectivity index (χ1n) is 8.34. The van der Waals surface area contributed by atoms with Gasteiger partial charge < -0.3 is 10.2 Å². The molecule has 0 radical (unpaired) electrons. The molecule has 0 spiro atoms. The van der Waals surface area contributed by atoms with E-state index in [-0.39, 0.29) is 11.9 Å². The van der Waals surface area contributed by atoms with Gasteiger partial charge in [-0.1, -0.05) is 41.4 Å². The number of piperazine rings is 1. The van der Waals surface area contributed by atoms with Crippen molar-refractivity contribution in [2.45, 2.75) is 13.0 Å². The molecule has 132 valence electrons. The largest absolute Gasteiger partial charge is 0.369 e. The Morgan fingerprint density at radius 2 is 1.72 bits per heavy atom. The summed E-state index contributed by atoms with van der Waals surface area (Å²) in [5.41, 5.74) is 1.82. The number of anilines is 2. The van der Waals surface area contributed by atoms with E-state index in [1.54, 1.807) is 18.2 Å². The minimum absolute atomic E-state index is 0.0580. The van der Waals surface area contributed by atoms with Gasteiger partial charge in [-0.25, -0.2) is 0 Å². The summed E-state index contributed by atoms with van der Waals surface area (Å²) in [7, 11) is 0. The molecule has 1 aliphatic heterocycles. The van der Waals surface area contributed by atoms with Crippen molar-refractivity contribution in [3.8, 4) is 0 Å². The number of halogens is 2. The first kappa shape index (κ1) is 18.1. The molecule has 25 heavy (non-hydrogen) atoms. The Morgan fingerprint density at radius 3 is 2.36 bits per heavy atom. The van der Waals surface area contributed by atoms with Crippen molar-refractivity contribution in [3.05, 3.63) is 58.6 Å². The van der Waals surface area contributed by atoms with E-state index in [0.29, 0.717) is 15.7 Å². The van der Waals surface area contributed by atoms with E-state index in [1.807, 2.05) is 25.1 Å². The fourth-order valence-corrected chi connectivity index (χ4v) is 3.46. The number of carbonyl (C=O) groups excluding carboxylic acids is 1. The average molecular weight is 378 g/mol. The molecule has 2 aromatic rings. The first-order valence-corrected chi connectivity index (χ1v) is 9.10. The maximum Gasteiger partial charge on any atom is 0.241 e. The van der Waals surface area contributed by atoms with Crippen molar-refractivity contribution in [2.24, 2.45) is 0 Å². The van der Waals surface area contributed by atoms with Crippen LogP contribution in [0.15, 0.2) is 48.5 Å². The van der Waals surface area contributed by atoms with Gasteiger partial charge in [-0.15, -0.1) is 0 Å². The predicted molar refractivity (Wildman–Crippen MR) is 105 cm³/mol. The highest BCUT2D eigenvalue weighted by atomic mass is 35.5. The monoisotopic (exact) mass is 377 g/mol. The zero-order valence-corrected chi connectivity index (χ0v) is 15.6. The molecule has 0 aliphatic carbocycles. The highest BCUT2D eigenvalue weighted by molar-refractivity contribution is 6.36. The molecule has 0 saturated carbocycles. The summed E-state index contributed by atoms with van der Waals surface area (Å²) in [5, 5.41) is 3.89. The summed E-state index contributed by atoms with van der Waals surface area (Å²) < 4.78 is 0. The fraction of sp³-hybridized carbons (Fsp3) is 0.316. The van der Waals surface area contributed by atoms with Crippen LogP contribution in [0, 0.1) is 0 Å². The lowest BCUT2D eigenvalue weighted by molar-refractivity contribution is -0.120. The van der Waals surface area contributed by atoms with E-state index < -0.39 is 0 Å². The van der Waals surface area contributed by atoms with Crippen LogP contribution >= 0.6 is 23.2 Å². The Kier molecular flexibility index (Phi) is 5.84. The van der Waals surface area contributed by atoms with E-state index in [2.05, 4.69) is 27.2 Å². The molecule has 1 N–H and O–H groups in total. The molecule has 1 heterocycles. The first-order chi connectivity index (χ1) is 12.0. The van der Waals surface area contributed by atoms with Gasteiger partial charge in [0.1, 0.15) is 0 Å². The third-order valence-corrected chi connectivity index (χ3v) is 5.10. The van der Waals surface area contributed by atoms with Gasteiger partial charge in [0.2, 0.25) is 5.91 Å². The second-order valence-corrected chi connectivity index (χ2v) is 6.99. The molecule has 1 saturated heterocycles. The molecule has 1 aliphatic rings. The number of nitrogens with zero attached hydrogens (tertiary/aromatic N) is 2. The molecule has 1 atom stereocenters. The molecule has 4 nitrogen and oxygen atoms in total.